The van der Waals surface area contributed by atoms with Gasteiger partial charge in [0.1, 0.15) is 6.04 Å². The van der Waals surface area contributed by atoms with Gasteiger partial charge in [0.05, 0.1) is 14.2 Å². The molecular formula is C12H15ClF3NO2. The minimum absolute atomic E-state index is 0.0269. The molecule has 0 aliphatic heterocycles. The van der Waals surface area contributed by atoms with Crippen LogP contribution < -0.4 is 14.8 Å². The van der Waals surface area contributed by atoms with Gasteiger partial charge in [-0.25, -0.2) is 0 Å². The second-order valence-electron chi connectivity index (χ2n) is 3.76. The molecule has 0 saturated heterocycles. The molecule has 7 heteroatoms. The fourth-order valence-electron chi connectivity index (χ4n) is 1.70. The maximum absolute atomic E-state index is 13.0. The van der Waals surface area contributed by atoms with Crippen LogP contribution in [0.4, 0.5) is 13.2 Å². The van der Waals surface area contributed by atoms with Crippen molar-refractivity contribution in [3.05, 3.63) is 22.7 Å². The molecule has 0 aliphatic rings. The Kier molecular flexibility index (Phi) is 5.31. The van der Waals surface area contributed by atoms with Crippen LogP contribution in [0.15, 0.2) is 12.1 Å². The van der Waals surface area contributed by atoms with Crippen molar-refractivity contribution in [2.75, 3.05) is 20.8 Å². The Morgan fingerprint density at radius 2 is 1.74 bits per heavy atom. The van der Waals surface area contributed by atoms with Crippen LogP contribution in [0.2, 0.25) is 5.02 Å². The summed E-state index contributed by atoms with van der Waals surface area (Å²) in [6.07, 6.45) is -4.45. The van der Waals surface area contributed by atoms with Gasteiger partial charge in [-0.3, -0.25) is 0 Å². The highest BCUT2D eigenvalue weighted by molar-refractivity contribution is 6.31. The van der Waals surface area contributed by atoms with Crippen molar-refractivity contribution >= 4 is 11.6 Å². The maximum Gasteiger partial charge on any atom is 0.407 e. The van der Waals surface area contributed by atoms with Crippen LogP contribution in [0, 0.1) is 0 Å². The van der Waals surface area contributed by atoms with Crippen molar-refractivity contribution in [2.45, 2.75) is 19.1 Å². The van der Waals surface area contributed by atoms with Gasteiger partial charge in [0.2, 0.25) is 0 Å². The fourth-order valence-corrected chi connectivity index (χ4v) is 1.96. The molecule has 19 heavy (non-hydrogen) atoms. The Hall–Kier alpha value is -1.14. The van der Waals surface area contributed by atoms with E-state index in [4.69, 9.17) is 21.1 Å². The molecule has 0 bridgehead atoms. The van der Waals surface area contributed by atoms with Crippen LogP contribution in [0.5, 0.6) is 11.5 Å². The van der Waals surface area contributed by atoms with Gasteiger partial charge in [0.15, 0.2) is 11.5 Å². The summed E-state index contributed by atoms with van der Waals surface area (Å²) in [5, 5.41) is 2.34. The molecule has 1 aromatic rings. The van der Waals surface area contributed by atoms with Crippen molar-refractivity contribution < 1.29 is 22.6 Å². The van der Waals surface area contributed by atoms with E-state index < -0.39 is 12.2 Å². The number of benzene rings is 1. The standard InChI is InChI=1S/C12H15ClF3NO2/c1-4-17-11(12(14,15)16)7-5-9(18-2)10(19-3)6-8(7)13/h5-6,11,17H,4H2,1-3H3. The normalized spacial score (nSPS) is 13.2. The zero-order chi connectivity index (χ0) is 14.6. The van der Waals surface area contributed by atoms with Crippen molar-refractivity contribution in [3.63, 3.8) is 0 Å². The number of ether oxygens (including phenoxy) is 2. The van der Waals surface area contributed by atoms with E-state index in [-0.39, 0.29) is 28.6 Å². The molecule has 0 fully saturated rings. The molecule has 0 spiro atoms. The van der Waals surface area contributed by atoms with Crippen LogP contribution in [-0.4, -0.2) is 26.9 Å². The highest BCUT2D eigenvalue weighted by Crippen LogP contribution is 2.41. The van der Waals surface area contributed by atoms with Crippen LogP contribution >= 0.6 is 11.6 Å². The predicted octanol–water partition coefficient (Wildman–Crippen LogP) is 3.57. The van der Waals surface area contributed by atoms with Crippen molar-refractivity contribution in [1.29, 1.82) is 0 Å². The summed E-state index contributed by atoms with van der Waals surface area (Å²) in [4.78, 5) is 0. The van der Waals surface area contributed by atoms with Crippen LogP contribution in [-0.2, 0) is 0 Å². The first kappa shape index (κ1) is 15.9. The quantitative estimate of drug-likeness (QED) is 0.901. The van der Waals surface area contributed by atoms with Crippen molar-refractivity contribution in [1.82, 2.24) is 5.32 Å². The Labute approximate surface area is 114 Å². The zero-order valence-electron chi connectivity index (χ0n) is 10.8. The molecule has 0 heterocycles. The Morgan fingerprint density at radius 3 is 2.16 bits per heavy atom. The summed E-state index contributed by atoms with van der Waals surface area (Å²) < 4.78 is 49.0. The van der Waals surface area contributed by atoms with E-state index in [1.807, 2.05) is 0 Å². The third-order valence-electron chi connectivity index (χ3n) is 2.55. The molecule has 1 N–H and O–H groups in total. The zero-order valence-corrected chi connectivity index (χ0v) is 11.5. The fraction of sp³-hybridized carbons (Fsp3) is 0.500. The van der Waals surface area contributed by atoms with E-state index in [9.17, 15) is 13.2 Å². The Morgan fingerprint density at radius 1 is 1.21 bits per heavy atom. The molecule has 1 atom stereocenters. The first-order valence-corrected chi connectivity index (χ1v) is 5.94. The summed E-state index contributed by atoms with van der Waals surface area (Å²) in [5.74, 6) is 0.489. The SMILES string of the molecule is CCNC(c1cc(OC)c(OC)cc1Cl)C(F)(F)F. The lowest BCUT2D eigenvalue weighted by atomic mass is 10.1. The van der Waals surface area contributed by atoms with Gasteiger partial charge in [0.25, 0.3) is 0 Å². The first-order chi connectivity index (χ1) is 8.85. The van der Waals surface area contributed by atoms with Gasteiger partial charge in [-0.15, -0.1) is 0 Å². The topological polar surface area (TPSA) is 30.5 Å². The summed E-state index contributed by atoms with van der Waals surface area (Å²) in [5.41, 5.74) is -0.0892. The third kappa shape index (κ3) is 3.67. The van der Waals surface area contributed by atoms with Gasteiger partial charge in [-0.05, 0) is 12.6 Å². The molecule has 1 rings (SSSR count). The summed E-state index contributed by atoms with van der Waals surface area (Å²) in [6.45, 7) is 1.75. The number of rotatable bonds is 5. The van der Waals surface area contributed by atoms with Crippen LogP contribution in [0.1, 0.15) is 18.5 Å². The number of hydrogen-bond donors (Lipinski definition) is 1. The molecule has 0 saturated carbocycles. The molecule has 3 nitrogen and oxygen atoms in total. The lowest BCUT2D eigenvalue weighted by Crippen LogP contribution is -2.34. The van der Waals surface area contributed by atoms with E-state index in [1.165, 1.54) is 26.4 Å². The predicted molar refractivity (Wildman–Crippen MR) is 67.0 cm³/mol. The highest BCUT2D eigenvalue weighted by Gasteiger charge is 2.41. The molecular weight excluding hydrogens is 283 g/mol. The smallest absolute Gasteiger partial charge is 0.407 e. The molecule has 0 aliphatic carbocycles. The van der Waals surface area contributed by atoms with E-state index in [0.29, 0.717) is 0 Å². The lowest BCUT2D eigenvalue weighted by molar-refractivity contribution is -0.157. The third-order valence-corrected chi connectivity index (χ3v) is 2.88. The Balaban J connectivity index is 3.30. The number of hydrogen-bond acceptors (Lipinski definition) is 3. The van der Waals surface area contributed by atoms with Crippen molar-refractivity contribution in [3.8, 4) is 11.5 Å². The largest absolute Gasteiger partial charge is 0.493 e. The first-order valence-electron chi connectivity index (χ1n) is 5.56. The average molecular weight is 298 g/mol. The van der Waals surface area contributed by atoms with E-state index >= 15 is 0 Å². The van der Waals surface area contributed by atoms with E-state index in [0.717, 1.165) is 0 Å². The van der Waals surface area contributed by atoms with Crippen molar-refractivity contribution in [2.24, 2.45) is 0 Å². The maximum atomic E-state index is 13.0. The summed E-state index contributed by atoms with van der Waals surface area (Å²) in [6, 6.07) is 0.707. The monoisotopic (exact) mass is 297 g/mol. The number of halogens is 4. The Bertz CT molecular complexity index is 438. The van der Waals surface area contributed by atoms with Gasteiger partial charge in [0, 0.05) is 16.7 Å². The van der Waals surface area contributed by atoms with Gasteiger partial charge in [-0.2, -0.15) is 13.2 Å². The summed E-state index contributed by atoms with van der Waals surface area (Å²) in [7, 11) is 2.74. The molecule has 0 amide bonds. The van der Waals surface area contributed by atoms with Crippen LogP contribution in [0.3, 0.4) is 0 Å². The lowest BCUT2D eigenvalue weighted by Gasteiger charge is -2.23. The molecule has 1 unspecified atom stereocenters. The van der Waals surface area contributed by atoms with Gasteiger partial charge < -0.3 is 14.8 Å². The van der Waals surface area contributed by atoms with Gasteiger partial charge in [-0.1, -0.05) is 18.5 Å². The number of alkyl halides is 3. The number of methoxy groups -OCH3 is 2. The average Bonchev–Trinajstić information content (AvgIpc) is 2.34. The second-order valence-corrected chi connectivity index (χ2v) is 4.17. The minimum atomic E-state index is -4.45. The van der Waals surface area contributed by atoms with Gasteiger partial charge >= 0.3 is 6.18 Å². The molecule has 1 aromatic carbocycles. The number of nitrogens with one attached hydrogen (secondary N) is 1. The van der Waals surface area contributed by atoms with Crippen LogP contribution in [0.25, 0.3) is 0 Å². The molecule has 0 radical (unpaired) electrons. The minimum Gasteiger partial charge on any atom is -0.493 e. The van der Waals surface area contributed by atoms with E-state index in [1.54, 1.807) is 6.92 Å². The molecule has 108 valence electrons. The van der Waals surface area contributed by atoms with E-state index in [2.05, 4.69) is 5.32 Å². The second kappa shape index (κ2) is 6.34. The summed E-state index contributed by atoms with van der Waals surface area (Å²) >= 11 is 5.90. The molecule has 0 aromatic heterocycles. The highest BCUT2D eigenvalue weighted by atomic mass is 35.5.